The van der Waals surface area contributed by atoms with Gasteiger partial charge in [0.2, 0.25) is 5.91 Å². The summed E-state index contributed by atoms with van der Waals surface area (Å²) in [6, 6.07) is 7.51. The highest BCUT2D eigenvalue weighted by Crippen LogP contribution is 2.32. The third-order valence-electron chi connectivity index (χ3n) is 6.65. The predicted molar refractivity (Wildman–Crippen MR) is 133 cm³/mol. The molecule has 0 atom stereocenters. The average Bonchev–Trinajstić information content (AvgIpc) is 3.15. The lowest BCUT2D eigenvalue weighted by molar-refractivity contribution is -0.135. The molecule has 192 valence electrons. The van der Waals surface area contributed by atoms with Crippen molar-refractivity contribution in [2.75, 3.05) is 26.3 Å². The van der Waals surface area contributed by atoms with E-state index in [1.54, 1.807) is 35.6 Å². The van der Waals surface area contributed by atoms with Gasteiger partial charge in [0.25, 0.3) is 11.5 Å². The zero-order valence-corrected chi connectivity index (χ0v) is 20.7. The monoisotopic (exact) mass is 498 g/mol. The van der Waals surface area contributed by atoms with Gasteiger partial charge in [0.1, 0.15) is 17.8 Å². The molecule has 36 heavy (non-hydrogen) atoms. The van der Waals surface area contributed by atoms with Crippen molar-refractivity contribution in [1.82, 2.24) is 19.4 Å². The molecule has 1 saturated heterocycles. The second-order valence-corrected chi connectivity index (χ2v) is 8.83. The number of rotatable bonds is 7. The average molecular weight is 499 g/mol. The predicted octanol–water partition coefficient (Wildman–Crippen LogP) is 2.14. The molecule has 0 radical (unpaired) electrons. The Bertz CT molecular complexity index is 1350. The molecule has 0 spiro atoms. The normalized spacial score (nSPS) is 14.3. The quantitative estimate of drug-likeness (QED) is 0.519. The van der Waals surface area contributed by atoms with Crippen LogP contribution in [0.15, 0.2) is 35.1 Å². The second kappa shape index (κ2) is 10.5. The van der Waals surface area contributed by atoms with Crippen LogP contribution in [0.2, 0.25) is 0 Å². The van der Waals surface area contributed by atoms with Crippen molar-refractivity contribution < 1.29 is 23.8 Å². The summed E-state index contributed by atoms with van der Waals surface area (Å²) in [5.74, 6) is -0.961. The molecule has 1 aromatic carbocycles. The smallest absolute Gasteiger partial charge is 0.272 e. The maximum absolute atomic E-state index is 14.0. The SMILES string of the molecule is CCOc1c(C(=O)NC2CCN(C(=O)CO)CC2)n(C)c2cc(CC)n(-c3cccc(F)c3)c(=O)c12. The van der Waals surface area contributed by atoms with Crippen LogP contribution in [0.4, 0.5) is 4.39 Å². The van der Waals surface area contributed by atoms with E-state index in [1.807, 2.05) is 13.0 Å². The van der Waals surface area contributed by atoms with Gasteiger partial charge in [0, 0.05) is 31.9 Å². The molecule has 2 N–H and O–H groups in total. The number of aliphatic hydroxyl groups is 1. The van der Waals surface area contributed by atoms with E-state index in [9.17, 15) is 18.8 Å². The molecule has 2 amide bonds. The second-order valence-electron chi connectivity index (χ2n) is 8.83. The molecule has 0 aliphatic carbocycles. The Labute approximate surface area is 208 Å². The van der Waals surface area contributed by atoms with Crippen LogP contribution >= 0.6 is 0 Å². The molecule has 1 fully saturated rings. The van der Waals surface area contributed by atoms with Crippen LogP contribution in [0.3, 0.4) is 0 Å². The van der Waals surface area contributed by atoms with Gasteiger partial charge in [0.05, 0.1) is 17.8 Å². The number of likely N-dealkylation sites (tertiary alicyclic amines) is 1. The molecule has 10 heteroatoms. The summed E-state index contributed by atoms with van der Waals surface area (Å²) in [4.78, 5) is 40.5. The van der Waals surface area contributed by atoms with E-state index in [0.717, 1.165) is 0 Å². The number of carbonyl (C=O) groups is 2. The third-order valence-corrected chi connectivity index (χ3v) is 6.65. The van der Waals surface area contributed by atoms with E-state index in [-0.39, 0.29) is 46.9 Å². The van der Waals surface area contributed by atoms with E-state index in [4.69, 9.17) is 9.84 Å². The van der Waals surface area contributed by atoms with E-state index >= 15 is 0 Å². The van der Waals surface area contributed by atoms with Gasteiger partial charge < -0.3 is 24.6 Å². The van der Waals surface area contributed by atoms with Crippen LogP contribution in [-0.4, -0.2) is 63.3 Å². The highest BCUT2D eigenvalue weighted by molar-refractivity contribution is 6.04. The lowest BCUT2D eigenvalue weighted by Gasteiger charge is -2.32. The van der Waals surface area contributed by atoms with E-state index in [2.05, 4.69) is 5.32 Å². The largest absolute Gasteiger partial charge is 0.491 e. The molecule has 9 nitrogen and oxygen atoms in total. The molecule has 1 aliphatic heterocycles. The Kier molecular flexibility index (Phi) is 7.44. The van der Waals surface area contributed by atoms with Crippen LogP contribution in [0.1, 0.15) is 42.9 Å². The number of nitrogens with one attached hydrogen (secondary N) is 1. The summed E-state index contributed by atoms with van der Waals surface area (Å²) in [5.41, 5.74) is 1.48. The fourth-order valence-corrected chi connectivity index (χ4v) is 4.84. The maximum Gasteiger partial charge on any atom is 0.272 e. The van der Waals surface area contributed by atoms with E-state index < -0.39 is 12.4 Å². The number of piperidine rings is 1. The van der Waals surface area contributed by atoms with Gasteiger partial charge >= 0.3 is 0 Å². The van der Waals surface area contributed by atoms with Crippen molar-refractivity contribution in [3.8, 4) is 11.4 Å². The molecule has 2 aromatic heterocycles. The lowest BCUT2D eigenvalue weighted by Crippen LogP contribution is -2.47. The highest BCUT2D eigenvalue weighted by atomic mass is 19.1. The molecule has 1 aliphatic rings. The first-order chi connectivity index (χ1) is 17.3. The summed E-state index contributed by atoms with van der Waals surface area (Å²) in [6.07, 6.45) is 1.62. The molecule has 0 saturated carbocycles. The lowest BCUT2D eigenvalue weighted by atomic mass is 10.0. The van der Waals surface area contributed by atoms with Gasteiger partial charge in [-0.3, -0.25) is 19.0 Å². The summed E-state index contributed by atoms with van der Waals surface area (Å²) < 4.78 is 23.0. The number of ether oxygens (including phenoxy) is 1. The zero-order valence-electron chi connectivity index (χ0n) is 20.7. The topological polar surface area (TPSA) is 106 Å². The van der Waals surface area contributed by atoms with E-state index in [1.165, 1.54) is 16.7 Å². The third kappa shape index (κ3) is 4.60. The van der Waals surface area contributed by atoms with Crippen LogP contribution in [0.5, 0.6) is 5.75 Å². The Hall–Kier alpha value is -3.66. The van der Waals surface area contributed by atoms with Crippen LogP contribution < -0.4 is 15.6 Å². The fourth-order valence-electron chi connectivity index (χ4n) is 4.84. The van der Waals surface area contributed by atoms with E-state index in [0.29, 0.717) is 49.2 Å². The van der Waals surface area contributed by atoms with Crippen molar-refractivity contribution in [2.24, 2.45) is 7.05 Å². The number of nitrogens with zero attached hydrogens (tertiary/aromatic N) is 3. The number of hydrogen-bond donors (Lipinski definition) is 2. The molecular weight excluding hydrogens is 467 g/mol. The minimum Gasteiger partial charge on any atom is -0.491 e. The van der Waals surface area contributed by atoms with Gasteiger partial charge in [-0.15, -0.1) is 0 Å². The molecule has 0 unspecified atom stereocenters. The molecule has 0 bridgehead atoms. The number of benzene rings is 1. The van der Waals surface area contributed by atoms with Gasteiger partial charge in [-0.2, -0.15) is 0 Å². The van der Waals surface area contributed by atoms with Gasteiger partial charge in [-0.25, -0.2) is 4.39 Å². The number of fused-ring (bicyclic) bond motifs is 1. The Morgan fingerprint density at radius 3 is 2.53 bits per heavy atom. The standard InChI is InChI=1S/C26H31FN4O5/c1-4-18-14-20-22(26(35)31(18)19-8-6-7-16(27)13-19)24(36-5-2)23(29(20)3)25(34)28-17-9-11-30(12-10-17)21(33)15-32/h6-8,13-14,17,32H,4-5,9-12,15H2,1-3H3,(H,28,34). The number of halogens is 1. The van der Waals surface area contributed by atoms with Crippen LogP contribution in [-0.2, 0) is 18.3 Å². The Balaban J connectivity index is 1.76. The summed E-state index contributed by atoms with van der Waals surface area (Å²) >= 11 is 0. The number of aromatic nitrogens is 2. The first-order valence-electron chi connectivity index (χ1n) is 12.2. The van der Waals surface area contributed by atoms with Crippen molar-refractivity contribution in [3.63, 3.8) is 0 Å². The van der Waals surface area contributed by atoms with Gasteiger partial charge in [-0.1, -0.05) is 13.0 Å². The minimum atomic E-state index is -0.530. The van der Waals surface area contributed by atoms with Crippen LogP contribution in [0, 0.1) is 5.82 Å². The van der Waals surface area contributed by atoms with Crippen LogP contribution in [0.25, 0.3) is 16.6 Å². The maximum atomic E-state index is 14.0. The highest BCUT2D eigenvalue weighted by Gasteiger charge is 2.29. The number of aliphatic hydroxyl groups excluding tert-OH is 1. The van der Waals surface area contributed by atoms with Crippen molar-refractivity contribution in [2.45, 2.75) is 39.2 Å². The summed E-state index contributed by atoms with van der Waals surface area (Å²) in [5, 5.41) is 12.3. The molecule has 3 aromatic rings. The molecule has 4 rings (SSSR count). The Morgan fingerprint density at radius 1 is 1.19 bits per heavy atom. The molecular formula is C26H31FN4O5. The fraction of sp³-hybridized carbons (Fsp3) is 0.423. The molecule has 3 heterocycles. The number of aryl methyl sites for hydroxylation is 2. The number of amides is 2. The number of pyridine rings is 1. The zero-order chi connectivity index (χ0) is 26.0. The van der Waals surface area contributed by atoms with Crippen molar-refractivity contribution in [1.29, 1.82) is 0 Å². The number of carbonyl (C=O) groups excluding carboxylic acids is 2. The summed E-state index contributed by atoms with van der Waals surface area (Å²) in [6.45, 7) is 4.28. The first kappa shape index (κ1) is 25.4. The first-order valence-corrected chi connectivity index (χ1v) is 12.2. The minimum absolute atomic E-state index is 0.164. The van der Waals surface area contributed by atoms with Gasteiger partial charge in [0.15, 0.2) is 11.4 Å². The Morgan fingerprint density at radius 2 is 1.92 bits per heavy atom. The summed E-state index contributed by atoms with van der Waals surface area (Å²) in [7, 11) is 1.72. The number of hydrogen-bond acceptors (Lipinski definition) is 5. The van der Waals surface area contributed by atoms with Gasteiger partial charge in [-0.05, 0) is 50.5 Å². The van der Waals surface area contributed by atoms with Crippen molar-refractivity contribution >= 4 is 22.7 Å². The van der Waals surface area contributed by atoms with Crippen molar-refractivity contribution in [3.05, 3.63) is 57.9 Å².